The van der Waals surface area contributed by atoms with Crippen LogP contribution < -0.4 is 0 Å². The molecule has 0 saturated carbocycles. The van der Waals surface area contributed by atoms with Crippen LogP contribution in [-0.4, -0.2) is 30.0 Å². The van der Waals surface area contributed by atoms with Gasteiger partial charge in [-0.15, -0.1) is 10.2 Å². The zero-order valence-electron chi connectivity index (χ0n) is 12.0. The second-order valence-electron chi connectivity index (χ2n) is 5.51. The highest BCUT2D eigenvalue weighted by molar-refractivity contribution is 7.19. The summed E-state index contributed by atoms with van der Waals surface area (Å²) in [6.45, 7) is 0. The largest absolute Gasteiger partial charge is 0.282 e. The minimum Gasteiger partial charge on any atom is -0.282 e. The van der Waals surface area contributed by atoms with E-state index in [-0.39, 0.29) is 0 Å². The first-order chi connectivity index (χ1) is 11.3. The molecule has 3 heterocycles. The van der Waals surface area contributed by atoms with Crippen LogP contribution in [0.5, 0.6) is 0 Å². The van der Waals surface area contributed by atoms with Crippen molar-refractivity contribution in [2.75, 3.05) is 0 Å². The lowest BCUT2D eigenvalue weighted by molar-refractivity contribution is 0.859. The van der Waals surface area contributed by atoms with Crippen LogP contribution in [0.25, 0.3) is 27.1 Å². The van der Waals surface area contributed by atoms with Gasteiger partial charge in [0.25, 0.3) is 0 Å². The van der Waals surface area contributed by atoms with Gasteiger partial charge in [0.05, 0.1) is 0 Å². The maximum Gasteiger partial charge on any atom is 0.235 e. The van der Waals surface area contributed by atoms with E-state index in [1.807, 2.05) is 24.3 Å². The number of aryl methyl sites for hydroxylation is 1. The number of hydrogen-bond acceptors (Lipinski definition) is 5. The summed E-state index contributed by atoms with van der Waals surface area (Å²) in [6.07, 6.45) is 3.24. The number of rotatable bonds is 2. The predicted octanol–water partition coefficient (Wildman–Crippen LogP) is 3.39. The Bertz CT molecular complexity index is 1010. The fourth-order valence-electron chi connectivity index (χ4n) is 2.98. The predicted molar refractivity (Wildman–Crippen MR) is 88.7 cm³/mol. The minimum atomic E-state index is 0.705. The molecule has 0 spiro atoms. The van der Waals surface area contributed by atoms with Crippen molar-refractivity contribution >= 4 is 27.9 Å². The van der Waals surface area contributed by atoms with Crippen molar-refractivity contribution in [2.24, 2.45) is 0 Å². The summed E-state index contributed by atoms with van der Waals surface area (Å²) in [5, 5.41) is 22.3. The maximum absolute atomic E-state index is 5.95. The number of hydrogen-bond donors (Lipinski definition) is 1. The van der Waals surface area contributed by atoms with Crippen molar-refractivity contribution < 1.29 is 0 Å². The lowest BCUT2D eigenvalue weighted by Crippen LogP contribution is -1.94. The van der Waals surface area contributed by atoms with Crippen molar-refractivity contribution in [3.05, 3.63) is 40.5 Å². The molecule has 3 aromatic heterocycles. The molecular weight excluding hydrogens is 332 g/mol. The van der Waals surface area contributed by atoms with Gasteiger partial charge in [0.2, 0.25) is 10.8 Å². The normalized spacial score (nSPS) is 13.8. The van der Waals surface area contributed by atoms with Gasteiger partial charge in [-0.25, -0.2) is 0 Å². The average molecular weight is 343 g/mol. The molecule has 1 N–H and O–H groups in total. The molecule has 0 atom stereocenters. The molecule has 0 unspecified atom stereocenters. The summed E-state index contributed by atoms with van der Waals surface area (Å²) in [6, 6.07) is 7.64. The third-order valence-corrected chi connectivity index (χ3v) is 5.30. The lowest BCUT2D eigenvalue weighted by atomic mass is 10.2. The van der Waals surface area contributed by atoms with Gasteiger partial charge >= 0.3 is 0 Å². The number of fused-ring (bicyclic) bond motifs is 2. The highest BCUT2D eigenvalue weighted by Crippen LogP contribution is 2.32. The summed E-state index contributed by atoms with van der Waals surface area (Å²) in [7, 11) is 0. The van der Waals surface area contributed by atoms with E-state index in [1.54, 1.807) is 4.52 Å². The van der Waals surface area contributed by atoms with Crippen LogP contribution in [0, 0.1) is 0 Å². The van der Waals surface area contributed by atoms with Gasteiger partial charge in [-0.3, -0.25) is 5.10 Å². The van der Waals surface area contributed by atoms with Crippen LogP contribution in [0.15, 0.2) is 24.3 Å². The van der Waals surface area contributed by atoms with Crippen LogP contribution in [0.1, 0.15) is 17.7 Å². The van der Waals surface area contributed by atoms with E-state index in [0.717, 1.165) is 40.5 Å². The smallest absolute Gasteiger partial charge is 0.235 e. The molecule has 4 aromatic rings. The Kier molecular flexibility index (Phi) is 2.80. The van der Waals surface area contributed by atoms with E-state index in [9.17, 15) is 0 Å². The van der Waals surface area contributed by atoms with Crippen molar-refractivity contribution in [1.82, 2.24) is 30.0 Å². The Morgan fingerprint density at radius 1 is 1.13 bits per heavy atom. The summed E-state index contributed by atoms with van der Waals surface area (Å²) in [5.74, 6) is 0.705. The molecule has 8 heteroatoms. The van der Waals surface area contributed by atoms with E-state index >= 15 is 0 Å². The number of aromatic nitrogens is 6. The first-order valence-corrected chi connectivity index (χ1v) is 8.54. The molecule has 0 amide bonds. The number of H-pyrrole nitrogens is 1. The van der Waals surface area contributed by atoms with Crippen molar-refractivity contribution in [3.8, 4) is 22.1 Å². The van der Waals surface area contributed by atoms with E-state index < -0.39 is 0 Å². The van der Waals surface area contributed by atoms with Gasteiger partial charge in [-0.1, -0.05) is 35.1 Å². The summed E-state index contributed by atoms with van der Waals surface area (Å²) in [4.78, 5) is 0.764. The van der Waals surface area contributed by atoms with Crippen molar-refractivity contribution in [3.63, 3.8) is 0 Å². The minimum absolute atomic E-state index is 0.705. The monoisotopic (exact) mass is 342 g/mol. The summed E-state index contributed by atoms with van der Waals surface area (Å²) >= 11 is 7.45. The number of aromatic amines is 1. The molecule has 0 aliphatic heterocycles. The maximum atomic E-state index is 5.95. The lowest BCUT2D eigenvalue weighted by Gasteiger charge is -1.96. The Hall–Kier alpha value is -2.25. The van der Waals surface area contributed by atoms with E-state index in [2.05, 4.69) is 25.5 Å². The van der Waals surface area contributed by atoms with Crippen LogP contribution >= 0.6 is 22.9 Å². The van der Waals surface area contributed by atoms with Crippen LogP contribution in [-0.2, 0) is 12.8 Å². The first kappa shape index (κ1) is 13.2. The van der Waals surface area contributed by atoms with Crippen LogP contribution in [0.4, 0.5) is 0 Å². The van der Waals surface area contributed by atoms with Gasteiger partial charge in [-0.2, -0.15) is 14.7 Å². The van der Waals surface area contributed by atoms with E-state index in [1.165, 1.54) is 22.6 Å². The molecule has 114 valence electrons. The number of nitrogens with one attached hydrogen (secondary N) is 1. The standard InChI is InChI=1S/C15H11ClN6S/c16-9-6-4-8(5-7-9)14-21-22-13(19-20-15(22)23-14)12-10-2-1-3-11(10)17-18-12/h4-7H,1-3H2,(H,17,18). The summed E-state index contributed by atoms with van der Waals surface area (Å²) < 4.78 is 1.78. The third-order valence-electron chi connectivity index (χ3n) is 4.10. The molecule has 0 bridgehead atoms. The molecule has 5 rings (SSSR count). The van der Waals surface area contributed by atoms with E-state index in [0.29, 0.717) is 10.8 Å². The number of nitrogens with zero attached hydrogens (tertiary/aromatic N) is 5. The molecule has 0 radical (unpaired) electrons. The van der Waals surface area contributed by atoms with Crippen LogP contribution in [0.3, 0.4) is 0 Å². The van der Waals surface area contributed by atoms with Crippen molar-refractivity contribution in [1.29, 1.82) is 0 Å². The van der Waals surface area contributed by atoms with Gasteiger partial charge < -0.3 is 0 Å². The second-order valence-corrected chi connectivity index (χ2v) is 6.91. The quantitative estimate of drug-likeness (QED) is 0.606. The molecular formula is C15H11ClN6S. The third kappa shape index (κ3) is 2.00. The zero-order chi connectivity index (χ0) is 15.4. The molecule has 0 fully saturated rings. The van der Waals surface area contributed by atoms with Gasteiger partial charge in [0, 0.05) is 21.8 Å². The van der Waals surface area contributed by atoms with Crippen molar-refractivity contribution in [2.45, 2.75) is 19.3 Å². The topological polar surface area (TPSA) is 71.8 Å². The van der Waals surface area contributed by atoms with Gasteiger partial charge in [0.15, 0.2) is 0 Å². The molecule has 1 aromatic carbocycles. The SMILES string of the molecule is Clc1ccc(-c2nn3c(-c4n[nH]c5c4CCC5)nnc3s2)cc1. The number of halogens is 1. The molecule has 23 heavy (non-hydrogen) atoms. The zero-order valence-corrected chi connectivity index (χ0v) is 13.5. The Labute approximate surface area is 140 Å². The fraction of sp³-hybridized carbons (Fsp3) is 0.200. The Morgan fingerprint density at radius 2 is 2.00 bits per heavy atom. The summed E-state index contributed by atoms with van der Waals surface area (Å²) in [5.41, 5.74) is 4.35. The highest BCUT2D eigenvalue weighted by Gasteiger charge is 2.24. The number of benzene rings is 1. The Morgan fingerprint density at radius 3 is 2.87 bits per heavy atom. The molecule has 6 nitrogen and oxygen atoms in total. The van der Waals surface area contributed by atoms with E-state index in [4.69, 9.17) is 11.6 Å². The molecule has 1 aliphatic carbocycles. The van der Waals surface area contributed by atoms with Crippen LogP contribution in [0.2, 0.25) is 5.02 Å². The highest BCUT2D eigenvalue weighted by atomic mass is 35.5. The second kappa shape index (κ2) is 4.87. The Balaban J connectivity index is 1.65. The first-order valence-electron chi connectivity index (χ1n) is 7.34. The van der Waals surface area contributed by atoms with Gasteiger partial charge in [0.1, 0.15) is 10.7 Å². The fourth-order valence-corrected chi connectivity index (χ4v) is 3.95. The molecule has 1 aliphatic rings. The van der Waals surface area contributed by atoms with Gasteiger partial charge in [-0.05, 0) is 31.4 Å². The average Bonchev–Trinajstić information content (AvgIpc) is 3.28. The molecule has 0 saturated heterocycles.